The minimum Gasteiger partial charge on any atom is -0.382 e. The monoisotopic (exact) mass is 615 g/mol. The van der Waals surface area contributed by atoms with Crippen LogP contribution in [0.2, 0.25) is 5.02 Å². The Morgan fingerprint density at radius 1 is 1.07 bits per heavy atom. The fourth-order valence-corrected chi connectivity index (χ4v) is 6.90. The summed E-state index contributed by atoms with van der Waals surface area (Å²) in [5, 5.41) is 1.01. The van der Waals surface area contributed by atoms with E-state index in [1.807, 2.05) is 6.92 Å². The fraction of sp³-hybridized carbons (Fsp3) is 0.393. The van der Waals surface area contributed by atoms with Crippen molar-refractivity contribution in [3.8, 4) is 0 Å². The number of aryl methyl sites for hydroxylation is 1. The fourth-order valence-electron chi connectivity index (χ4n) is 5.41. The topological polar surface area (TPSA) is 174 Å². The summed E-state index contributed by atoms with van der Waals surface area (Å²) in [6.07, 6.45) is 11.7. The lowest BCUT2D eigenvalue weighted by Crippen LogP contribution is -2.48. The zero-order chi connectivity index (χ0) is 29.4. The summed E-state index contributed by atoms with van der Waals surface area (Å²) in [4.78, 5) is 16.1. The lowest BCUT2D eigenvalue weighted by molar-refractivity contribution is 0.203. The third-order valence-electron chi connectivity index (χ3n) is 8.05. The van der Waals surface area contributed by atoms with Crippen LogP contribution in [-0.4, -0.2) is 47.1 Å². The van der Waals surface area contributed by atoms with Crippen LogP contribution in [0.4, 0.5) is 17.5 Å². The van der Waals surface area contributed by atoms with Crippen LogP contribution >= 0.6 is 23.4 Å². The van der Waals surface area contributed by atoms with Crippen molar-refractivity contribution in [1.82, 2.24) is 15.0 Å². The first-order valence-electron chi connectivity index (χ1n) is 13.4. The molecule has 1 aromatic carbocycles. The van der Waals surface area contributed by atoms with Crippen molar-refractivity contribution in [2.75, 3.05) is 29.5 Å². The number of piperidine rings is 1. The summed E-state index contributed by atoms with van der Waals surface area (Å²) in [6.45, 7) is 3.69. The van der Waals surface area contributed by atoms with E-state index >= 15 is 0 Å². The second-order valence-electron chi connectivity index (χ2n) is 10.8. The first-order valence-corrected chi connectivity index (χ1v) is 16.1. The summed E-state index contributed by atoms with van der Waals surface area (Å²) in [5.41, 5.74) is 21.4. The number of hydrogen-bond donors (Lipinski definition) is 4. The highest BCUT2D eigenvalue weighted by Crippen LogP contribution is 2.51. The van der Waals surface area contributed by atoms with Gasteiger partial charge in [-0.05, 0) is 68.6 Å². The zero-order valence-corrected chi connectivity index (χ0v) is 25.1. The van der Waals surface area contributed by atoms with E-state index in [4.69, 9.17) is 33.4 Å². The van der Waals surface area contributed by atoms with E-state index in [2.05, 4.69) is 25.9 Å². The van der Waals surface area contributed by atoms with Gasteiger partial charge in [-0.25, -0.2) is 15.0 Å². The Hall–Kier alpha value is -2.90. The Bertz CT molecular complexity index is 1560. The third kappa shape index (κ3) is 6.62. The summed E-state index contributed by atoms with van der Waals surface area (Å²) in [6, 6.07) is 8.00. The number of nitrogen functional groups attached to an aromatic ring is 2. The highest BCUT2D eigenvalue weighted by molar-refractivity contribution is 7.99. The number of halogens is 1. The molecule has 1 spiro atoms. The van der Waals surface area contributed by atoms with Crippen molar-refractivity contribution in [2.45, 2.75) is 59.9 Å². The number of nitrogens with zero attached hydrogens (tertiary/aromatic N) is 4. The van der Waals surface area contributed by atoms with Crippen LogP contribution < -0.4 is 22.1 Å². The van der Waals surface area contributed by atoms with E-state index in [1.165, 1.54) is 42.3 Å². The van der Waals surface area contributed by atoms with Crippen molar-refractivity contribution in [3.05, 3.63) is 65.0 Å². The molecule has 41 heavy (non-hydrogen) atoms. The summed E-state index contributed by atoms with van der Waals surface area (Å²) in [5.74, 6) is 2.25. The maximum atomic E-state index is 10.5. The number of nitrogens with two attached hydrogens (primary N) is 3. The molecule has 218 valence electrons. The highest BCUT2D eigenvalue weighted by Gasteiger charge is 2.47. The van der Waals surface area contributed by atoms with Gasteiger partial charge in [-0.1, -0.05) is 52.7 Å². The quantitative estimate of drug-likeness (QED) is 0.230. The molecular formula is C28H34ClN7O3S2. The van der Waals surface area contributed by atoms with E-state index in [0.717, 1.165) is 54.5 Å². The smallest absolute Gasteiger partial charge is 0.294 e. The van der Waals surface area contributed by atoms with Crippen molar-refractivity contribution in [3.63, 3.8) is 0 Å². The molecule has 3 heterocycles. The Kier molecular flexibility index (Phi) is 8.49. The van der Waals surface area contributed by atoms with E-state index in [0.29, 0.717) is 15.9 Å². The Morgan fingerprint density at radius 3 is 2.37 bits per heavy atom. The maximum Gasteiger partial charge on any atom is 0.294 e. The van der Waals surface area contributed by atoms with Crippen LogP contribution in [0.5, 0.6) is 0 Å². The van der Waals surface area contributed by atoms with Gasteiger partial charge in [-0.3, -0.25) is 4.55 Å². The third-order valence-corrected chi connectivity index (χ3v) is 10.5. The Balaban J connectivity index is 0.000000259. The molecule has 3 aliphatic rings. The van der Waals surface area contributed by atoms with E-state index in [1.54, 1.807) is 30.6 Å². The van der Waals surface area contributed by atoms with Crippen LogP contribution in [0.1, 0.15) is 37.7 Å². The molecule has 1 aliphatic heterocycles. The maximum absolute atomic E-state index is 10.5. The van der Waals surface area contributed by atoms with Gasteiger partial charge in [-0.15, -0.1) is 0 Å². The number of benzene rings is 1. The average molecular weight is 616 g/mol. The number of hydrogen-bond acceptors (Lipinski definition) is 10. The van der Waals surface area contributed by atoms with E-state index in [9.17, 15) is 8.42 Å². The summed E-state index contributed by atoms with van der Waals surface area (Å²) in [7, 11) is -4.02. The van der Waals surface area contributed by atoms with Gasteiger partial charge in [0.25, 0.3) is 10.1 Å². The van der Waals surface area contributed by atoms with Crippen molar-refractivity contribution >= 4 is 50.9 Å². The molecule has 13 heteroatoms. The second-order valence-corrected chi connectivity index (χ2v) is 13.7. The molecule has 0 radical (unpaired) electrons. The zero-order valence-electron chi connectivity index (χ0n) is 22.7. The van der Waals surface area contributed by atoms with Gasteiger partial charge in [-0.2, -0.15) is 8.42 Å². The molecule has 2 fully saturated rings. The second kappa shape index (κ2) is 11.8. The molecule has 1 atom stereocenters. The molecule has 2 aliphatic carbocycles. The van der Waals surface area contributed by atoms with Gasteiger partial charge < -0.3 is 22.1 Å². The molecule has 0 bridgehead atoms. The SMILES string of the molecule is Cc1ccc(S(=O)(=O)O)cc1.Nc1nc(N2CCC3(CC=C(C4CC4)[C@H]3N)CC2)cnc1Sc1ccnc(N)c1Cl. The molecule has 10 nitrogen and oxygen atoms in total. The van der Waals surface area contributed by atoms with Crippen LogP contribution in [0.15, 0.2) is 69.2 Å². The Labute approximate surface area is 249 Å². The summed E-state index contributed by atoms with van der Waals surface area (Å²) >= 11 is 7.58. The lowest BCUT2D eigenvalue weighted by Gasteiger charge is -2.43. The van der Waals surface area contributed by atoms with E-state index < -0.39 is 10.1 Å². The predicted molar refractivity (Wildman–Crippen MR) is 162 cm³/mol. The molecule has 1 saturated heterocycles. The first-order chi connectivity index (χ1) is 19.5. The predicted octanol–water partition coefficient (Wildman–Crippen LogP) is 4.74. The minimum absolute atomic E-state index is 0.0666. The van der Waals surface area contributed by atoms with Gasteiger partial charge >= 0.3 is 0 Å². The van der Waals surface area contributed by atoms with Crippen LogP contribution in [0, 0.1) is 18.3 Å². The lowest BCUT2D eigenvalue weighted by atomic mass is 9.72. The van der Waals surface area contributed by atoms with Gasteiger partial charge in [0.05, 0.1) is 16.1 Å². The average Bonchev–Trinajstić information content (AvgIpc) is 3.73. The number of anilines is 3. The molecule has 0 amide bonds. The standard InChI is InChI=1S/C21H26ClN7S.C7H8O3S/c22-16-14(4-8-26-18(16)24)30-20-19(25)28-15(11-27-20)29-9-6-21(7-10-29)5-3-13(17(21)23)12-1-2-12;1-6-2-4-7(5-3-6)11(8,9)10/h3-4,8,11-12,17H,1-2,5-7,9-10,23H2,(H2,24,26)(H2,25,28);2-5H,1H3,(H,8,9,10)/t17-;/m1./s1. The van der Waals surface area contributed by atoms with Gasteiger partial charge in [0.1, 0.15) is 16.7 Å². The summed E-state index contributed by atoms with van der Waals surface area (Å²) < 4.78 is 29.6. The Morgan fingerprint density at radius 2 is 1.76 bits per heavy atom. The molecule has 2 aromatic heterocycles. The van der Waals surface area contributed by atoms with Crippen molar-refractivity contribution in [2.24, 2.45) is 17.1 Å². The largest absolute Gasteiger partial charge is 0.382 e. The van der Waals surface area contributed by atoms with Crippen molar-refractivity contribution in [1.29, 1.82) is 0 Å². The molecule has 7 N–H and O–H groups in total. The van der Waals surface area contributed by atoms with Gasteiger partial charge in [0, 0.05) is 30.2 Å². The normalized spacial score (nSPS) is 20.0. The molecular weight excluding hydrogens is 582 g/mol. The molecule has 3 aromatic rings. The van der Waals surface area contributed by atoms with Crippen molar-refractivity contribution < 1.29 is 13.0 Å². The van der Waals surface area contributed by atoms with E-state index in [-0.39, 0.29) is 22.2 Å². The molecule has 6 rings (SSSR count). The van der Waals surface area contributed by atoms with Crippen LogP contribution in [0.3, 0.4) is 0 Å². The number of allylic oxidation sites excluding steroid dienone is 1. The molecule has 0 unspecified atom stereocenters. The van der Waals surface area contributed by atoms with Crippen LogP contribution in [0.25, 0.3) is 0 Å². The number of pyridine rings is 1. The number of aromatic nitrogens is 3. The number of rotatable bonds is 5. The molecule has 1 saturated carbocycles. The highest BCUT2D eigenvalue weighted by atomic mass is 35.5. The minimum atomic E-state index is -4.02. The first kappa shape index (κ1) is 29.6. The van der Waals surface area contributed by atoms with Crippen LogP contribution in [-0.2, 0) is 10.1 Å². The van der Waals surface area contributed by atoms with Gasteiger partial charge in [0.2, 0.25) is 0 Å². The van der Waals surface area contributed by atoms with Gasteiger partial charge in [0.15, 0.2) is 5.82 Å².